The highest BCUT2D eigenvalue weighted by Crippen LogP contribution is 2.32. The summed E-state index contributed by atoms with van der Waals surface area (Å²) in [7, 11) is 0. The van der Waals surface area contributed by atoms with Crippen LogP contribution in [0.25, 0.3) is 0 Å². The Bertz CT molecular complexity index is 414. The molecule has 0 saturated carbocycles. The van der Waals surface area contributed by atoms with Gasteiger partial charge < -0.3 is 13.9 Å². The molecule has 0 radical (unpaired) electrons. The Balaban J connectivity index is 3.05. The van der Waals surface area contributed by atoms with Crippen LogP contribution in [0, 0.1) is 0 Å². The summed E-state index contributed by atoms with van der Waals surface area (Å²) in [5, 5.41) is 0. The highest BCUT2D eigenvalue weighted by atomic mass is 19.4. The zero-order valence-electron chi connectivity index (χ0n) is 9.84. The second kappa shape index (κ2) is 5.85. The molecule has 0 fully saturated rings. The van der Waals surface area contributed by atoms with Crippen LogP contribution in [-0.2, 0) is 22.3 Å². The van der Waals surface area contributed by atoms with Gasteiger partial charge in [-0.05, 0) is 13.8 Å². The van der Waals surface area contributed by atoms with Crippen molar-refractivity contribution in [1.29, 1.82) is 0 Å². The summed E-state index contributed by atoms with van der Waals surface area (Å²) in [4.78, 5) is 14.5. The summed E-state index contributed by atoms with van der Waals surface area (Å²) < 4.78 is 51.9. The summed E-state index contributed by atoms with van der Waals surface area (Å²) >= 11 is 0. The number of carbonyl (C=O) groups excluding carboxylic acids is 1. The van der Waals surface area contributed by atoms with Crippen molar-refractivity contribution in [3.05, 3.63) is 17.3 Å². The van der Waals surface area contributed by atoms with E-state index in [0.29, 0.717) is 6.61 Å². The van der Waals surface area contributed by atoms with Gasteiger partial charge in [0.25, 0.3) is 0 Å². The monoisotopic (exact) mass is 267 g/mol. The highest BCUT2D eigenvalue weighted by molar-refractivity contribution is 5.87. The lowest BCUT2D eigenvalue weighted by Crippen LogP contribution is -2.14. The lowest BCUT2D eigenvalue weighted by Gasteiger charge is -2.03. The Morgan fingerprint density at radius 3 is 2.50 bits per heavy atom. The fourth-order valence-corrected chi connectivity index (χ4v) is 1.14. The average Bonchev–Trinajstić information content (AvgIpc) is 2.70. The largest absolute Gasteiger partial charge is 0.460 e. The van der Waals surface area contributed by atoms with E-state index in [-0.39, 0.29) is 19.1 Å². The smallest absolute Gasteiger partial charge is 0.437 e. The highest BCUT2D eigenvalue weighted by Gasteiger charge is 2.41. The SMILES string of the molecule is CCOCc1nc(C(F)(F)F)c(C(=O)OCC)o1. The van der Waals surface area contributed by atoms with Crippen molar-refractivity contribution < 1.29 is 31.9 Å². The molecule has 1 heterocycles. The van der Waals surface area contributed by atoms with Gasteiger partial charge in [0, 0.05) is 6.61 Å². The molecule has 18 heavy (non-hydrogen) atoms. The molecule has 0 unspecified atom stereocenters. The summed E-state index contributed by atoms with van der Waals surface area (Å²) in [5.41, 5.74) is -1.39. The summed E-state index contributed by atoms with van der Waals surface area (Å²) in [6, 6.07) is 0. The van der Waals surface area contributed by atoms with Gasteiger partial charge in [-0.25, -0.2) is 9.78 Å². The van der Waals surface area contributed by atoms with Gasteiger partial charge in [-0.1, -0.05) is 0 Å². The van der Waals surface area contributed by atoms with Crippen molar-refractivity contribution in [2.24, 2.45) is 0 Å². The van der Waals surface area contributed by atoms with E-state index in [1.165, 1.54) is 6.92 Å². The standard InChI is InChI=1S/C10H12F3NO4/c1-3-16-5-6-14-8(10(11,12)13)7(18-6)9(15)17-4-2/h3-5H2,1-2H3. The zero-order chi connectivity index (χ0) is 13.8. The van der Waals surface area contributed by atoms with Gasteiger partial charge in [-0.15, -0.1) is 0 Å². The maximum absolute atomic E-state index is 12.6. The van der Waals surface area contributed by atoms with E-state index in [1.807, 2.05) is 0 Å². The molecule has 5 nitrogen and oxygen atoms in total. The van der Waals surface area contributed by atoms with E-state index in [4.69, 9.17) is 9.15 Å². The molecule has 0 aromatic carbocycles. The van der Waals surface area contributed by atoms with Gasteiger partial charge in [0.1, 0.15) is 6.61 Å². The van der Waals surface area contributed by atoms with Gasteiger partial charge in [0.2, 0.25) is 11.7 Å². The van der Waals surface area contributed by atoms with Crippen molar-refractivity contribution >= 4 is 5.97 Å². The van der Waals surface area contributed by atoms with E-state index in [1.54, 1.807) is 6.92 Å². The van der Waals surface area contributed by atoms with Gasteiger partial charge >= 0.3 is 12.1 Å². The molecule has 0 amide bonds. The number of halogens is 3. The number of hydrogen-bond donors (Lipinski definition) is 0. The first-order chi connectivity index (χ1) is 8.40. The molecule has 0 aliphatic rings. The van der Waals surface area contributed by atoms with Crippen molar-refractivity contribution in [3.63, 3.8) is 0 Å². The number of ether oxygens (including phenoxy) is 2. The van der Waals surface area contributed by atoms with Crippen LogP contribution in [0.2, 0.25) is 0 Å². The maximum atomic E-state index is 12.6. The lowest BCUT2D eigenvalue weighted by molar-refractivity contribution is -0.141. The molecular formula is C10H12F3NO4. The molecule has 0 atom stereocenters. The van der Waals surface area contributed by atoms with E-state index >= 15 is 0 Å². The van der Waals surface area contributed by atoms with Crippen molar-refractivity contribution in [2.45, 2.75) is 26.6 Å². The van der Waals surface area contributed by atoms with Gasteiger partial charge in [0.15, 0.2) is 5.69 Å². The summed E-state index contributed by atoms with van der Waals surface area (Å²) in [6.45, 7) is 3.14. The Morgan fingerprint density at radius 1 is 1.33 bits per heavy atom. The number of rotatable bonds is 5. The lowest BCUT2D eigenvalue weighted by atomic mass is 10.3. The van der Waals surface area contributed by atoms with E-state index < -0.39 is 23.6 Å². The number of aromatic nitrogens is 1. The normalized spacial score (nSPS) is 11.6. The number of esters is 1. The molecule has 8 heteroatoms. The second-order valence-corrected chi connectivity index (χ2v) is 3.14. The molecule has 0 N–H and O–H groups in total. The van der Waals surface area contributed by atoms with Crippen LogP contribution in [0.3, 0.4) is 0 Å². The van der Waals surface area contributed by atoms with Crippen LogP contribution in [-0.4, -0.2) is 24.2 Å². The molecule has 0 aliphatic carbocycles. The van der Waals surface area contributed by atoms with Gasteiger partial charge in [-0.3, -0.25) is 0 Å². The third-order valence-corrected chi connectivity index (χ3v) is 1.83. The van der Waals surface area contributed by atoms with Crippen LogP contribution in [0.1, 0.15) is 36.0 Å². The summed E-state index contributed by atoms with van der Waals surface area (Å²) in [5.74, 6) is -2.45. The van der Waals surface area contributed by atoms with Crippen LogP contribution in [0.4, 0.5) is 13.2 Å². The molecule has 0 saturated heterocycles. The fraction of sp³-hybridized carbons (Fsp3) is 0.600. The summed E-state index contributed by atoms with van der Waals surface area (Å²) in [6.07, 6.45) is -4.78. The maximum Gasteiger partial charge on any atom is 0.437 e. The Morgan fingerprint density at radius 2 is 2.00 bits per heavy atom. The minimum Gasteiger partial charge on any atom is -0.460 e. The van der Waals surface area contributed by atoms with Crippen LogP contribution >= 0.6 is 0 Å². The number of nitrogens with zero attached hydrogens (tertiary/aromatic N) is 1. The molecule has 0 spiro atoms. The Labute approximate surface area is 101 Å². The van der Waals surface area contributed by atoms with E-state index in [0.717, 1.165) is 0 Å². The molecule has 1 aromatic rings. The molecular weight excluding hydrogens is 255 g/mol. The number of hydrogen-bond acceptors (Lipinski definition) is 5. The minimum atomic E-state index is -4.78. The van der Waals surface area contributed by atoms with Crippen LogP contribution in [0.5, 0.6) is 0 Å². The third-order valence-electron chi connectivity index (χ3n) is 1.83. The molecule has 102 valence electrons. The second-order valence-electron chi connectivity index (χ2n) is 3.14. The Kier molecular flexibility index (Phi) is 4.71. The fourth-order valence-electron chi connectivity index (χ4n) is 1.14. The average molecular weight is 267 g/mol. The van der Waals surface area contributed by atoms with Crippen LogP contribution < -0.4 is 0 Å². The quantitative estimate of drug-likeness (QED) is 0.766. The third kappa shape index (κ3) is 3.46. The molecule has 1 aromatic heterocycles. The number of alkyl halides is 3. The zero-order valence-corrected chi connectivity index (χ0v) is 9.84. The molecule has 0 aliphatic heterocycles. The van der Waals surface area contributed by atoms with Crippen LogP contribution in [0.15, 0.2) is 4.42 Å². The predicted octanol–water partition coefficient (Wildman–Crippen LogP) is 2.41. The topological polar surface area (TPSA) is 61.6 Å². The van der Waals surface area contributed by atoms with E-state index in [2.05, 4.69) is 9.72 Å². The molecule has 0 bridgehead atoms. The van der Waals surface area contributed by atoms with E-state index in [9.17, 15) is 18.0 Å². The minimum absolute atomic E-state index is 0.0579. The molecule has 1 rings (SSSR count). The van der Waals surface area contributed by atoms with Crippen molar-refractivity contribution in [2.75, 3.05) is 13.2 Å². The first-order valence-electron chi connectivity index (χ1n) is 5.21. The predicted molar refractivity (Wildman–Crippen MR) is 52.8 cm³/mol. The number of oxazole rings is 1. The first kappa shape index (κ1) is 14.5. The Hall–Kier alpha value is -1.57. The van der Waals surface area contributed by atoms with Gasteiger partial charge in [0.05, 0.1) is 6.61 Å². The number of carbonyl (C=O) groups is 1. The van der Waals surface area contributed by atoms with Gasteiger partial charge in [-0.2, -0.15) is 13.2 Å². The van der Waals surface area contributed by atoms with Crippen molar-refractivity contribution in [1.82, 2.24) is 4.98 Å². The van der Waals surface area contributed by atoms with Crippen molar-refractivity contribution in [3.8, 4) is 0 Å². The first-order valence-corrected chi connectivity index (χ1v) is 5.21.